The van der Waals surface area contributed by atoms with E-state index in [1.54, 1.807) is 0 Å². The van der Waals surface area contributed by atoms with Crippen molar-refractivity contribution in [1.82, 2.24) is 9.97 Å². The Morgan fingerprint density at radius 2 is 1.22 bits per heavy atom. The molecule has 0 unspecified atom stereocenters. The van der Waals surface area contributed by atoms with Crippen LogP contribution in [0.5, 0.6) is 0 Å². The van der Waals surface area contributed by atoms with E-state index in [1.807, 2.05) is 48.0 Å². The molecule has 0 fully saturated rings. The van der Waals surface area contributed by atoms with Crippen LogP contribution in [0.3, 0.4) is 0 Å². The standard InChI is InChI=1S/2C4H6N2S.3BrH.Sb/c2*1-6-3-2-5-4(6)7;;;;/h2*2-3H,1H3,(H,5,7);3*1H;/q;;;;;+3/p-1. The number of hydrogen-bond acceptors (Lipinski definition) is 2. The molecule has 0 radical (unpaired) electrons. The number of nitrogens with zero attached hydrogens (tertiary/aromatic N) is 2. The molecule has 2 aromatic rings. The van der Waals surface area contributed by atoms with Gasteiger partial charge in [-0.25, -0.2) is 19.1 Å². The van der Waals surface area contributed by atoms with Crippen molar-refractivity contribution in [2.24, 2.45) is 14.1 Å². The number of halogens is 3. The van der Waals surface area contributed by atoms with Gasteiger partial charge in [-0.1, -0.05) is 25.3 Å². The number of nitrogens with one attached hydrogen (secondary N) is 2. The third-order valence-electron chi connectivity index (χ3n) is 1.69. The number of thiol groups is 2. The summed E-state index contributed by atoms with van der Waals surface area (Å²) in [5.41, 5.74) is 0. The first-order valence-electron chi connectivity index (χ1n) is 4.56. The molecular weight excluding hydrogens is 578 g/mol. The Balaban J connectivity index is 0.000000253. The van der Waals surface area contributed by atoms with Gasteiger partial charge in [-0.15, -0.1) is 0 Å². The summed E-state index contributed by atoms with van der Waals surface area (Å²) in [5.74, 6) is 0. The van der Waals surface area contributed by atoms with Crippen LogP contribution < -0.4 is 9.13 Å². The van der Waals surface area contributed by atoms with Crippen LogP contribution in [0.1, 0.15) is 0 Å². The quantitative estimate of drug-likeness (QED) is 0.207. The molecule has 0 aliphatic rings. The van der Waals surface area contributed by atoms with Crippen LogP contribution in [0.15, 0.2) is 35.1 Å². The summed E-state index contributed by atoms with van der Waals surface area (Å²) in [6, 6.07) is 0. The molecule has 2 heterocycles. The van der Waals surface area contributed by atoms with Gasteiger partial charge in [-0.3, -0.25) is 0 Å². The van der Waals surface area contributed by atoms with Crippen molar-refractivity contribution in [1.29, 1.82) is 0 Å². The van der Waals surface area contributed by atoms with Gasteiger partial charge in [-0.05, 0) is 0 Å². The van der Waals surface area contributed by atoms with E-state index in [0.717, 1.165) is 10.3 Å². The summed E-state index contributed by atoms with van der Waals surface area (Å²) in [7, 11) is 3.86. The van der Waals surface area contributed by atoms with Crippen molar-refractivity contribution in [2.45, 2.75) is 10.3 Å². The van der Waals surface area contributed by atoms with Crippen molar-refractivity contribution in [3.8, 4) is 0 Å². The van der Waals surface area contributed by atoms with Crippen molar-refractivity contribution in [2.75, 3.05) is 0 Å². The van der Waals surface area contributed by atoms with E-state index < -0.39 is 13.5 Å². The molecule has 102 valence electrons. The molecule has 0 spiro atoms. The first-order valence-corrected chi connectivity index (χ1v) is 22.6. The van der Waals surface area contributed by atoms with Gasteiger partial charge < -0.3 is 0 Å². The second kappa shape index (κ2) is 11.1. The van der Waals surface area contributed by atoms with Gasteiger partial charge >= 0.3 is 61.6 Å². The van der Waals surface area contributed by atoms with E-state index in [0.29, 0.717) is 0 Å². The van der Waals surface area contributed by atoms with E-state index >= 15 is 0 Å². The van der Waals surface area contributed by atoms with Crippen LogP contribution >= 0.6 is 63.0 Å². The average molecular weight is 592 g/mol. The Kier molecular flexibility index (Phi) is 11.9. The van der Waals surface area contributed by atoms with Crippen LogP contribution in [0, 0.1) is 0 Å². The normalized spacial score (nSPS) is 9.33. The third kappa shape index (κ3) is 10.2. The second-order valence-corrected chi connectivity index (χ2v) is 38.4. The molecule has 0 saturated heterocycles. The minimum atomic E-state index is -1.01. The topological polar surface area (TPSA) is 39.3 Å². The molecule has 0 aromatic carbocycles. The fourth-order valence-electron chi connectivity index (χ4n) is 0.792. The van der Waals surface area contributed by atoms with Crippen molar-refractivity contribution >= 4 is 76.5 Å². The van der Waals surface area contributed by atoms with Gasteiger partial charge in [0.25, 0.3) is 0 Å². The average Bonchev–Trinajstić information content (AvgIpc) is 2.79. The summed E-state index contributed by atoms with van der Waals surface area (Å²) in [6.07, 6.45) is 7.48. The summed E-state index contributed by atoms with van der Waals surface area (Å²) < 4.78 is 3.78. The SMILES string of the molecule is C[n+]1cc[nH]c1S.C[n+]1cc[nH]c1S.[Br][Sb]([Br])[Br]. The molecule has 0 aliphatic carbocycles. The number of rotatable bonds is 0. The van der Waals surface area contributed by atoms with Gasteiger partial charge in [0.05, 0.1) is 14.1 Å². The fraction of sp³-hybridized carbons (Fsp3) is 0.250. The Hall–Kier alpha value is 1.38. The molecule has 0 saturated carbocycles. The Morgan fingerprint density at radius 3 is 1.28 bits per heavy atom. The summed E-state index contributed by atoms with van der Waals surface area (Å²) in [4.78, 5) is 5.79. The van der Waals surface area contributed by atoms with E-state index in [-0.39, 0.29) is 0 Å². The number of aromatic amines is 2. The molecule has 2 aromatic heterocycles. The van der Waals surface area contributed by atoms with E-state index in [4.69, 9.17) is 0 Å². The molecule has 10 heteroatoms. The molecule has 2 rings (SSSR count). The number of aryl methyl sites for hydroxylation is 2. The number of imidazole rings is 2. The Labute approximate surface area is 143 Å². The first kappa shape index (κ1) is 19.4. The van der Waals surface area contributed by atoms with Crippen LogP contribution in [-0.4, -0.2) is 23.4 Å². The van der Waals surface area contributed by atoms with Crippen LogP contribution in [0.2, 0.25) is 0 Å². The van der Waals surface area contributed by atoms with Crippen molar-refractivity contribution in [3.05, 3.63) is 24.8 Å². The van der Waals surface area contributed by atoms with Crippen molar-refractivity contribution < 1.29 is 9.13 Å². The summed E-state index contributed by atoms with van der Waals surface area (Å²) in [6.45, 7) is 0. The van der Waals surface area contributed by atoms with Crippen molar-refractivity contribution in [3.63, 3.8) is 0 Å². The monoisotopic (exact) mass is 588 g/mol. The zero-order valence-electron chi connectivity index (χ0n) is 9.68. The van der Waals surface area contributed by atoms with E-state index in [2.05, 4.69) is 73.0 Å². The van der Waals surface area contributed by atoms with Crippen LogP contribution in [0.4, 0.5) is 0 Å². The van der Waals surface area contributed by atoms with E-state index in [9.17, 15) is 0 Å². The maximum absolute atomic E-state index is 4.06. The number of hydrogen-bond donors (Lipinski definition) is 4. The zero-order valence-corrected chi connectivity index (χ0v) is 18.8. The van der Waals surface area contributed by atoms with E-state index in [1.165, 1.54) is 0 Å². The van der Waals surface area contributed by atoms with Crippen LogP contribution in [0.25, 0.3) is 0 Å². The summed E-state index contributed by atoms with van der Waals surface area (Å²) >= 11 is 17.0. The number of aromatic nitrogens is 4. The van der Waals surface area contributed by atoms with Gasteiger partial charge in [0.1, 0.15) is 24.8 Å². The first-order chi connectivity index (χ1) is 8.34. The predicted molar refractivity (Wildman–Crippen MR) is 91.0 cm³/mol. The van der Waals surface area contributed by atoms with Gasteiger partial charge in [0.15, 0.2) is 0 Å². The molecule has 0 aliphatic heterocycles. The molecule has 4 nitrogen and oxygen atoms in total. The van der Waals surface area contributed by atoms with Gasteiger partial charge in [0.2, 0.25) is 0 Å². The summed E-state index contributed by atoms with van der Waals surface area (Å²) in [5, 5.41) is 1.75. The molecule has 18 heavy (non-hydrogen) atoms. The Morgan fingerprint density at radius 1 is 0.944 bits per heavy atom. The zero-order chi connectivity index (χ0) is 14.1. The maximum atomic E-state index is 4.06. The molecular formula is C8H14Br3N4S2Sb+2. The molecule has 2 N–H and O–H groups in total. The molecule has 0 bridgehead atoms. The molecule has 0 amide bonds. The Bertz CT molecular complexity index is 375. The minimum absolute atomic E-state index is 0.875. The van der Waals surface area contributed by atoms with Crippen LogP contribution in [-0.2, 0) is 14.1 Å². The molecule has 0 atom stereocenters. The third-order valence-corrected chi connectivity index (χ3v) is 2.58. The van der Waals surface area contributed by atoms with Gasteiger partial charge in [0, 0.05) is 0 Å². The second-order valence-electron chi connectivity index (χ2n) is 2.98. The van der Waals surface area contributed by atoms with Gasteiger partial charge in [-0.2, -0.15) is 0 Å². The fourth-order valence-corrected chi connectivity index (χ4v) is 1.07. The predicted octanol–water partition coefficient (Wildman–Crippen LogP) is 2.41. The number of H-pyrrole nitrogens is 2.